The molecule has 0 radical (unpaired) electrons. The summed E-state index contributed by atoms with van der Waals surface area (Å²) in [6.07, 6.45) is -3.53. The van der Waals surface area contributed by atoms with Gasteiger partial charge in [-0.1, -0.05) is 6.07 Å². The number of aromatic hydroxyl groups is 1. The van der Waals surface area contributed by atoms with Crippen molar-refractivity contribution >= 4 is 6.29 Å². The van der Waals surface area contributed by atoms with Gasteiger partial charge in [0.05, 0.1) is 0 Å². The van der Waals surface area contributed by atoms with Crippen molar-refractivity contribution in [3.05, 3.63) is 23.8 Å². The van der Waals surface area contributed by atoms with Crippen LogP contribution in [0.1, 0.15) is 12.0 Å². The summed E-state index contributed by atoms with van der Waals surface area (Å²) in [5.74, 6) is -1.25. The van der Waals surface area contributed by atoms with Crippen molar-refractivity contribution in [3.63, 3.8) is 0 Å². The van der Waals surface area contributed by atoms with E-state index in [0.29, 0.717) is 18.3 Å². The van der Waals surface area contributed by atoms with E-state index in [1.54, 1.807) is 0 Å². The van der Waals surface area contributed by atoms with Crippen LogP contribution in [-0.2, 0) is 11.2 Å². The Morgan fingerprint density at radius 2 is 2.06 bits per heavy atom. The minimum atomic E-state index is -4.83. The number of alkyl halides is 3. The van der Waals surface area contributed by atoms with Crippen LogP contribution in [0.5, 0.6) is 11.5 Å². The molecule has 0 atom stereocenters. The second kappa shape index (κ2) is 4.87. The lowest BCUT2D eigenvalue weighted by atomic mass is 10.1. The molecule has 0 fully saturated rings. The zero-order valence-corrected chi connectivity index (χ0v) is 8.12. The third kappa shape index (κ3) is 3.80. The first kappa shape index (κ1) is 12.4. The van der Waals surface area contributed by atoms with Crippen LogP contribution in [0.15, 0.2) is 18.2 Å². The normalized spacial score (nSPS) is 11.2. The van der Waals surface area contributed by atoms with Gasteiger partial charge < -0.3 is 14.6 Å². The van der Waals surface area contributed by atoms with Crippen LogP contribution >= 0.6 is 0 Å². The maximum atomic E-state index is 11.8. The lowest BCUT2D eigenvalue weighted by Gasteiger charge is -2.10. The molecular weight excluding hydrogens is 225 g/mol. The number of ether oxygens (including phenoxy) is 1. The SMILES string of the molecule is O=CCCc1ccc(OC(F)(F)F)c(O)c1. The van der Waals surface area contributed by atoms with Crippen LogP contribution < -0.4 is 4.74 Å². The van der Waals surface area contributed by atoms with Gasteiger partial charge >= 0.3 is 6.36 Å². The molecule has 0 amide bonds. The van der Waals surface area contributed by atoms with Gasteiger partial charge in [0.2, 0.25) is 0 Å². The molecule has 0 aromatic heterocycles. The second-order valence-electron chi connectivity index (χ2n) is 3.06. The predicted molar refractivity (Wildman–Crippen MR) is 49.2 cm³/mol. The average molecular weight is 234 g/mol. The highest BCUT2D eigenvalue weighted by atomic mass is 19.4. The van der Waals surface area contributed by atoms with Gasteiger partial charge in [0, 0.05) is 6.42 Å². The minimum Gasteiger partial charge on any atom is -0.504 e. The third-order valence-corrected chi connectivity index (χ3v) is 1.80. The Morgan fingerprint density at radius 1 is 1.38 bits per heavy atom. The number of carbonyl (C=O) groups is 1. The molecule has 0 heterocycles. The van der Waals surface area contributed by atoms with Crippen LogP contribution in [0.2, 0.25) is 0 Å². The van der Waals surface area contributed by atoms with Crippen molar-refractivity contribution in [3.8, 4) is 11.5 Å². The highest BCUT2D eigenvalue weighted by Crippen LogP contribution is 2.32. The van der Waals surface area contributed by atoms with Crippen molar-refractivity contribution in [2.24, 2.45) is 0 Å². The van der Waals surface area contributed by atoms with Crippen molar-refractivity contribution < 1.29 is 27.8 Å². The molecule has 0 saturated heterocycles. The second-order valence-corrected chi connectivity index (χ2v) is 3.06. The number of carbonyl (C=O) groups excluding carboxylic acids is 1. The van der Waals surface area contributed by atoms with Crippen molar-refractivity contribution in [2.45, 2.75) is 19.2 Å². The Kier molecular flexibility index (Phi) is 3.76. The van der Waals surface area contributed by atoms with Crippen LogP contribution in [-0.4, -0.2) is 17.8 Å². The Labute approximate surface area is 89.5 Å². The molecule has 0 spiro atoms. The van der Waals surface area contributed by atoms with Crippen molar-refractivity contribution in [1.82, 2.24) is 0 Å². The third-order valence-electron chi connectivity index (χ3n) is 1.80. The van der Waals surface area contributed by atoms with E-state index in [2.05, 4.69) is 4.74 Å². The predicted octanol–water partition coefficient (Wildman–Crippen LogP) is 2.42. The van der Waals surface area contributed by atoms with Gasteiger partial charge in [-0.25, -0.2) is 0 Å². The molecule has 1 aromatic rings. The highest BCUT2D eigenvalue weighted by Gasteiger charge is 2.32. The molecular formula is C10H9F3O3. The summed E-state index contributed by atoms with van der Waals surface area (Å²) in [7, 11) is 0. The highest BCUT2D eigenvalue weighted by molar-refractivity contribution is 5.50. The van der Waals surface area contributed by atoms with E-state index in [-0.39, 0.29) is 6.42 Å². The molecule has 3 nitrogen and oxygen atoms in total. The fourth-order valence-corrected chi connectivity index (χ4v) is 1.16. The lowest BCUT2D eigenvalue weighted by molar-refractivity contribution is -0.275. The average Bonchev–Trinajstić information content (AvgIpc) is 2.17. The van der Waals surface area contributed by atoms with E-state index in [1.807, 2.05) is 0 Å². The summed E-state index contributed by atoms with van der Waals surface area (Å²) in [4.78, 5) is 10.1. The van der Waals surface area contributed by atoms with Gasteiger partial charge in [0.15, 0.2) is 11.5 Å². The van der Waals surface area contributed by atoms with Gasteiger partial charge in [0.1, 0.15) is 6.29 Å². The van der Waals surface area contributed by atoms with E-state index < -0.39 is 17.9 Å². The van der Waals surface area contributed by atoms with E-state index in [4.69, 9.17) is 0 Å². The summed E-state index contributed by atoms with van der Waals surface area (Å²) in [6.45, 7) is 0. The summed E-state index contributed by atoms with van der Waals surface area (Å²) in [5, 5.41) is 9.24. The zero-order valence-electron chi connectivity index (χ0n) is 8.12. The topological polar surface area (TPSA) is 46.5 Å². The van der Waals surface area contributed by atoms with Gasteiger partial charge in [-0.3, -0.25) is 0 Å². The van der Waals surface area contributed by atoms with E-state index in [0.717, 1.165) is 12.1 Å². The molecule has 6 heteroatoms. The first-order valence-electron chi connectivity index (χ1n) is 4.43. The van der Waals surface area contributed by atoms with E-state index in [9.17, 15) is 23.1 Å². The number of aldehydes is 1. The van der Waals surface area contributed by atoms with Crippen molar-refractivity contribution in [2.75, 3.05) is 0 Å². The lowest BCUT2D eigenvalue weighted by Crippen LogP contribution is -2.17. The number of benzene rings is 1. The Morgan fingerprint density at radius 3 is 2.56 bits per heavy atom. The first-order chi connectivity index (χ1) is 7.42. The maximum Gasteiger partial charge on any atom is 0.573 e. The van der Waals surface area contributed by atoms with E-state index >= 15 is 0 Å². The summed E-state index contributed by atoms with van der Waals surface area (Å²) >= 11 is 0. The van der Waals surface area contributed by atoms with Crippen LogP contribution in [0, 0.1) is 0 Å². The maximum absolute atomic E-state index is 11.8. The first-order valence-corrected chi connectivity index (χ1v) is 4.43. The number of hydrogen-bond donors (Lipinski definition) is 1. The number of rotatable bonds is 4. The van der Waals surface area contributed by atoms with Gasteiger partial charge in [-0.15, -0.1) is 13.2 Å². The largest absolute Gasteiger partial charge is 0.573 e. The molecule has 0 saturated carbocycles. The van der Waals surface area contributed by atoms with Gasteiger partial charge in [-0.2, -0.15) is 0 Å². The number of aryl methyl sites for hydroxylation is 1. The monoisotopic (exact) mass is 234 g/mol. The molecule has 88 valence electrons. The molecule has 0 aliphatic heterocycles. The van der Waals surface area contributed by atoms with E-state index in [1.165, 1.54) is 6.07 Å². The quantitative estimate of drug-likeness (QED) is 0.814. The fraction of sp³-hybridized carbons (Fsp3) is 0.300. The Hall–Kier alpha value is -1.72. The Bertz CT molecular complexity index is 374. The summed E-state index contributed by atoms with van der Waals surface area (Å²) < 4.78 is 39.1. The number of hydrogen-bond acceptors (Lipinski definition) is 3. The van der Waals surface area contributed by atoms with Gasteiger partial charge in [0.25, 0.3) is 0 Å². The van der Waals surface area contributed by atoms with Crippen LogP contribution in [0.4, 0.5) is 13.2 Å². The standard InChI is InChI=1S/C10H9F3O3/c11-10(12,13)16-9-4-3-7(2-1-5-14)6-8(9)15/h3-6,15H,1-2H2. The molecule has 0 bridgehead atoms. The van der Waals surface area contributed by atoms with Gasteiger partial charge in [-0.05, 0) is 24.1 Å². The number of phenolic OH excluding ortho intramolecular Hbond substituents is 1. The summed E-state index contributed by atoms with van der Waals surface area (Å²) in [6, 6.07) is 3.53. The zero-order chi connectivity index (χ0) is 12.2. The fourth-order valence-electron chi connectivity index (χ4n) is 1.16. The number of phenols is 1. The smallest absolute Gasteiger partial charge is 0.504 e. The molecule has 1 N–H and O–H groups in total. The Balaban J connectivity index is 2.79. The molecule has 0 aliphatic rings. The van der Waals surface area contributed by atoms with Crippen LogP contribution in [0.25, 0.3) is 0 Å². The molecule has 0 unspecified atom stereocenters. The minimum absolute atomic E-state index is 0.249. The molecule has 1 rings (SSSR count). The molecule has 1 aromatic carbocycles. The molecule has 0 aliphatic carbocycles. The molecule has 16 heavy (non-hydrogen) atoms. The number of halogens is 3. The van der Waals surface area contributed by atoms with Crippen molar-refractivity contribution in [1.29, 1.82) is 0 Å². The summed E-state index contributed by atoms with van der Waals surface area (Å²) in [5.41, 5.74) is 0.569. The van der Waals surface area contributed by atoms with Crippen LogP contribution in [0.3, 0.4) is 0 Å².